The molecule has 0 saturated heterocycles. The lowest BCUT2D eigenvalue weighted by atomic mass is 9.97. The highest BCUT2D eigenvalue weighted by molar-refractivity contribution is 7.95. The molecule has 0 radical (unpaired) electrons. The van der Waals surface area contributed by atoms with Gasteiger partial charge in [0.15, 0.2) is 0 Å². The van der Waals surface area contributed by atoms with E-state index < -0.39 is 15.8 Å². The Morgan fingerprint density at radius 3 is 2.65 bits per heavy atom. The minimum absolute atomic E-state index is 0.232. The molecule has 0 atom stereocenters. The van der Waals surface area contributed by atoms with Crippen molar-refractivity contribution in [3.63, 3.8) is 0 Å². The third-order valence-corrected chi connectivity index (χ3v) is 6.36. The Morgan fingerprint density at radius 2 is 1.92 bits per heavy atom. The van der Waals surface area contributed by atoms with Crippen molar-refractivity contribution >= 4 is 43.9 Å². The molecule has 0 fully saturated rings. The van der Waals surface area contributed by atoms with Crippen LogP contribution in [0.5, 0.6) is 0 Å². The maximum atomic E-state index is 12.5. The normalized spacial score (nSPS) is 15.1. The fraction of sp³-hybridized carbons (Fsp3) is 0.105. The van der Waals surface area contributed by atoms with Crippen LogP contribution in [0.25, 0.3) is 16.5 Å². The molecular weight excluding hydrogens is 374 g/mol. The summed E-state index contributed by atoms with van der Waals surface area (Å²) >= 11 is 6.10. The molecule has 0 bridgehead atoms. The number of benzene rings is 2. The van der Waals surface area contributed by atoms with Gasteiger partial charge in [-0.15, -0.1) is 0 Å². The predicted molar refractivity (Wildman–Crippen MR) is 100 cm³/mol. The van der Waals surface area contributed by atoms with Crippen molar-refractivity contribution in [3.8, 4) is 0 Å². The highest BCUT2D eigenvalue weighted by Gasteiger charge is 2.30. The first-order valence-corrected chi connectivity index (χ1v) is 9.79. The molecule has 0 amide bonds. The third kappa shape index (κ3) is 2.45. The maximum Gasteiger partial charge on any atom is 0.323 e. The second-order valence-corrected chi connectivity index (χ2v) is 8.38. The summed E-state index contributed by atoms with van der Waals surface area (Å²) < 4.78 is 26.7. The smallest absolute Gasteiger partial charge is 0.323 e. The molecule has 26 heavy (non-hydrogen) atoms. The van der Waals surface area contributed by atoms with E-state index in [-0.39, 0.29) is 11.4 Å². The number of hydrogen-bond donors (Lipinski definition) is 1. The van der Waals surface area contributed by atoms with E-state index in [0.29, 0.717) is 32.9 Å². The molecule has 1 N–H and O–H groups in total. The third-order valence-electron chi connectivity index (χ3n) is 4.61. The molecule has 1 aliphatic rings. The van der Waals surface area contributed by atoms with E-state index in [1.807, 2.05) is 0 Å². The Kier molecular flexibility index (Phi) is 3.71. The number of hydrogen-bond acceptors (Lipinski definition) is 3. The first kappa shape index (κ1) is 16.9. The lowest BCUT2D eigenvalue weighted by Gasteiger charge is -2.07. The molecule has 4 rings (SSSR count). The fourth-order valence-corrected chi connectivity index (χ4v) is 5.14. The monoisotopic (exact) mass is 387 g/mol. The SMILES string of the molecule is Cc1c(C2=CS(=O)(=O)c3ccccc32)c2ccc(Cl)cc2n1CC(=O)O. The van der Waals surface area contributed by atoms with Gasteiger partial charge in [0.1, 0.15) is 6.54 Å². The average Bonchev–Trinajstić information content (AvgIpc) is 2.99. The van der Waals surface area contributed by atoms with Crippen molar-refractivity contribution in [2.24, 2.45) is 0 Å². The Balaban J connectivity index is 2.08. The standard InChI is InChI=1S/C19H14ClNO4S/c1-11-19(15-10-26(24,25)17-5-3-2-4-13(15)17)14-7-6-12(20)8-16(14)21(11)9-18(22)23/h2-8,10H,9H2,1H3,(H,22,23). The van der Waals surface area contributed by atoms with E-state index in [2.05, 4.69) is 0 Å². The molecule has 0 unspecified atom stereocenters. The second-order valence-electron chi connectivity index (χ2n) is 6.17. The number of fused-ring (bicyclic) bond motifs is 2. The molecule has 2 heterocycles. The van der Waals surface area contributed by atoms with Crippen LogP contribution in [0.15, 0.2) is 52.8 Å². The van der Waals surface area contributed by atoms with Gasteiger partial charge in [-0.25, -0.2) is 8.42 Å². The topological polar surface area (TPSA) is 76.4 Å². The highest BCUT2D eigenvalue weighted by atomic mass is 35.5. The second kappa shape index (κ2) is 5.72. The number of rotatable bonds is 3. The van der Waals surface area contributed by atoms with Gasteiger partial charge in [0.05, 0.1) is 10.4 Å². The number of halogens is 1. The van der Waals surface area contributed by atoms with Crippen LogP contribution < -0.4 is 0 Å². The number of carbonyl (C=O) groups is 1. The Morgan fingerprint density at radius 1 is 1.19 bits per heavy atom. The first-order valence-electron chi connectivity index (χ1n) is 7.86. The lowest BCUT2D eigenvalue weighted by molar-refractivity contribution is -0.137. The van der Waals surface area contributed by atoms with Gasteiger partial charge in [-0.2, -0.15) is 0 Å². The van der Waals surface area contributed by atoms with Crippen LogP contribution in [0.1, 0.15) is 16.8 Å². The summed E-state index contributed by atoms with van der Waals surface area (Å²) in [5.41, 5.74) is 3.26. The number of carboxylic acid groups (broad SMARTS) is 1. The van der Waals surface area contributed by atoms with E-state index in [4.69, 9.17) is 11.6 Å². The van der Waals surface area contributed by atoms with Crippen molar-refractivity contribution in [2.75, 3.05) is 0 Å². The molecular formula is C19H14ClNO4S. The molecule has 0 aliphatic carbocycles. The van der Waals surface area contributed by atoms with Gasteiger partial charge >= 0.3 is 5.97 Å². The van der Waals surface area contributed by atoms with Crippen molar-refractivity contribution in [2.45, 2.75) is 18.4 Å². The molecule has 2 aromatic carbocycles. The first-order chi connectivity index (χ1) is 12.3. The Bertz CT molecular complexity index is 1220. The Labute approximate surface area is 155 Å². The van der Waals surface area contributed by atoms with Crippen molar-refractivity contribution in [1.82, 2.24) is 4.57 Å². The van der Waals surface area contributed by atoms with E-state index in [1.54, 1.807) is 54.0 Å². The van der Waals surface area contributed by atoms with E-state index in [0.717, 1.165) is 5.39 Å². The van der Waals surface area contributed by atoms with Crippen LogP contribution in [0.3, 0.4) is 0 Å². The Hall–Kier alpha value is -2.57. The summed E-state index contributed by atoms with van der Waals surface area (Å²) in [5.74, 6) is -0.982. The summed E-state index contributed by atoms with van der Waals surface area (Å²) in [6.07, 6.45) is 0. The molecule has 132 valence electrons. The zero-order chi connectivity index (χ0) is 18.6. The zero-order valence-electron chi connectivity index (χ0n) is 13.7. The number of nitrogens with zero attached hydrogens (tertiary/aromatic N) is 1. The predicted octanol–water partition coefficient (Wildman–Crippen LogP) is 3.86. The van der Waals surface area contributed by atoms with Gasteiger partial charge in [-0.1, -0.05) is 35.9 Å². The number of aliphatic carboxylic acids is 1. The minimum atomic E-state index is -3.52. The van der Waals surface area contributed by atoms with Crippen LogP contribution in [0, 0.1) is 6.92 Å². The maximum absolute atomic E-state index is 12.5. The van der Waals surface area contributed by atoms with Crippen LogP contribution in [-0.4, -0.2) is 24.1 Å². The molecule has 0 saturated carbocycles. The quantitative estimate of drug-likeness (QED) is 0.740. The summed E-state index contributed by atoms with van der Waals surface area (Å²) in [6.45, 7) is 1.56. The minimum Gasteiger partial charge on any atom is -0.480 e. The van der Waals surface area contributed by atoms with Crippen molar-refractivity contribution in [3.05, 3.63) is 69.7 Å². The average molecular weight is 388 g/mol. The summed E-state index contributed by atoms with van der Waals surface area (Å²) in [5, 5.41) is 11.8. The van der Waals surface area contributed by atoms with Gasteiger partial charge in [0, 0.05) is 38.2 Å². The largest absolute Gasteiger partial charge is 0.480 e. The van der Waals surface area contributed by atoms with Gasteiger partial charge in [-0.05, 0) is 25.1 Å². The number of sulfone groups is 1. The molecule has 3 aromatic rings. The van der Waals surface area contributed by atoms with Crippen LogP contribution in [-0.2, 0) is 21.2 Å². The van der Waals surface area contributed by atoms with Gasteiger partial charge in [0.2, 0.25) is 9.84 Å². The number of carboxylic acids is 1. The summed E-state index contributed by atoms with van der Waals surface area (Å²) in [6, 6.07) is 12.0. The van der Waals surface area contributed by atoms with Gasteiger partial charge < -0.3 is 9.67 Å². The van der Waals surface area contributed by atoms with Crippen LogP contribution in [0.4, 0.5) is 0 Å². The summed E-state index contributed by atoms with van der Waals surface area (Å²) in [7, 11) is -3.52. The van der Waals surface area contributed by atoms with Crippen molar-refractivity contribution < 1.29 is 18.3 Å². The van der Waals surface area contributed by atoms with E-state index >= 15 is 0 Å². The lowest BCUT2D eigenvalue weighted by Crippen LogP contribution is -2.10. The fourth-order valence-electron chi connectivity index (χ4n) is 3.54. The molecule has 1 aromatic heterocycles. The highest BCUT2D eigenvalue weighted by Crippen LogP contribution is 2.42. The van der Waals surface area contributed by atoms with Crippen LogP contribution in [0.2, 0.25) is 5.02 Å². The van der Waals surface area contributed by atoms with Gasteiger partial charge in [0.25, 0.3) is 0 Å². The van der Waals surface area contributed by atoms with Gasteiger partial charge in [-0.3, -0.25) is 4.79 Å². The zero-order valence-corrected chi connectivity index (χ0v) is 15.3. The van der Waals surface area contributed by atoms with E-state index in [9.17, 15) is 18.3 Å². The molecule has 0 spiro atoms. The van der Waals surface area contributed by atoms with Crippen molar-refractivity contribution in [1.29, 1.82) is 0 Å². The molecule has 5 nitrogen and oxygen atoms in total. The molecule has 1 aliphatic heterocycles. The molecule has 7 heteroatoms. The number of aromatic nitrogens is 1. The van der Waals surface area contributed by atoms with Crippen LogP contribution >= 0.6 is 11.6 Å². The van der Waals surface area contributed by atoms with E-state index in [1.165, 1.54) is 5.41 Å². The summed E-state index contributed by atoms with van der Waals surface area (Å²) in [4.78, 5) is 11.6.